The number of amides is 1. The van der Waals surface area contributed by atoms with Crippen LogP contribution in [0.5, 0.6) is 0 Å². The van der Waals surface area contributed by atoms with Gasteiger partial charge in [-0.2, -0.15) is 0 Å². The van der Waals surface area contributed by atoms with Crippen LogP contribution < -0.4 is 11.1 Å². The highest BCUT2D eigenvalue weighted by Crippen LogP contribution is 2.25. The summed E-state index contributed by atoms with van der Waals surface area (Å²) < 4.78 is 0. The third-order valence-corrected chi connectivity index (χ3v) is 5.47. The summed E-state index contributed by atoms with van der Waals surface area (Å²) >= 11 is 0. The van der Waals surface area contributed by atoms with E-state index in [1.165, 1.54) is 11.1 Å². The molecule has 1 atom stereocenters. The van der Waals surface area contributed by atoms with Crippen LogP contribution in [-0.2, 0) is 4.79 Å². The first-order chi connectivity index (χ1) is 14.2. The quantitative estimate of drug-likeness (QED) is 0.330. The zero-order valence-electron chi connectivity index (χ0n) is 17.7. The van der Waals surface area contributed by atoms with Crippen molar-refractivity contribution in [3.05, 3.63) is 71.8 Å². The molecule has 0 radical (unpaired) electrons. The molecule has 162 valence electrons. The lowest BCUT2D eigenvalue weighted by molar-refractivity contribution is -0.119. The first-order valence-electron chi connectivity index (χ1n) is 10.6. The smallest absolute Gasteiger partial charge is 0.217 e. The number of likely N-dealkylation sites (tertiary alicyclic amines) is 1. The minimum Gasteiger partial charge on any atom is -0.370 e. The standard InChI is InChI=1S/C24H32N4O.HI/c1-2-26-24(28-15-9-10-19(18-28)16-23(25)29)27-17-22(20-11-5-3-6-12-20)21-13-7-4-8-14-21;/h3-8,11-14,19,22H,2,9-10,15-18H2,1H3,(H2,25,29)(H,26,27);1H. The Morgan fingerprint density at radius 2 is 1.73 bits per heavy atom. The Bertz CT molecular complexity index is 758. The molecule has 1 unspecified atom stereocenters. The van der Waals surface area contributed by atoms with Crippen molar-refractivity contribution in [2.24, 2.45) is 16.6 Å². The van der Waals surface area contributed by atoms with Crippen LogP contribution >= 0.6 is 24.0 Å². The van der Waals surface area contributed by atoms with Crippen molar-refractivity contribution < 1.29 is 4.79 Å². The summed E-state index contributed by atoms with van der Waals surface area (Å²) in [5, 5.41) is 3.44. The van der Waals surface area contributed by atoms with E-state index in [9.17, 15) is 4.79 Å². The molecule has 0 saturated carbocycles. The molecule has 1 aliphatic heterocycles. The maximum atomic E-state index is 11.4. The van der Waals surface area contributed by atoms with Gasteiger partial charge in [0.05, 0.1) is 6.54 Å². The Labute approximate surface area is 197 Å². The number of rotatable bonds is 7. The molecule has 0 aromatic heterocycles. The van der Waals surface area contributed by atoms with E-state index < -0.39 is 0 Å². The SMILES string of the molecule is CCNC(=NCC(c1ccccc1)c1ccccc1)N1CCCC(CC(N)=O)C1.I. The van der Waals surface area contributed by atoms with Crippen molar-refractivity contribution in [1.82, 2.24) is 10.2 Å². The highest BCUT2D eigenvalue weighted by molar-refractivity contribution is 14.0. The number of guanidine groups is 1. The van der Waals surface area contributed by atoms with Gasteiger partial charge < -0.3 is 16.0 Å². The number of hydrogen-bond acceptors (Lipinski definition) is 2. The lowest BCUT2D eigenvalue weighted by Crippen LogP contribution is -2.47. The Hall–Kier alpha value is -2.09. The largest absolute Gasteiger partial charge is 0.370 e. The van der Waals surface area contributed by atoms with Gasteiger partial charge in [0.2, 0.25) is 5.91 Å². The molecule has 3 N–H and O–H groups in total. The normalized spacial score (nSPS) is 16.8. The number of nitrogens with one attached hydrogen (secondary N) is 1. The molecular formula is C24H33IN4O. The molecule has 5 nitrogen and oxygen atoms in total. The second kappa shape index (κ2) is 12.6. The van der Waals surface area contributed by atoms with Gasteiger partial charge in [0, 0.05) is 32.0 Å². The summed E-state index contributed by atoms with van der Waals surface area (Å²) in [6.45, 7) is 5.37. The summed E-state index contributed by atoms with van der Waals surface area (Å²) in [6, 6.07) is 21.1. The van der Waals surface area contributed by atoms with Crippen LogP contribution in [0, 0.1) is 5.92 Å². The summed E-state index contributed by atoms with van der Waals surface area (Å²) in [5.74, 6) is 1.23. The van der Waals surface area contributed by atoms with Gasteiger partial charge in [-0.15, -0.1) is 24.0 Å². The maximum Gasteiger partial charge on any atom is 0.217 e. The molecule has 1 fully saturated rings. The average Bonchev–Trinajstić information content (AvgIpc) is 2.74. The Kier molecular flexibility index (Phi) is 10.1. The van der Waals surface area contributed by atoms with Crippen LogP contribution in [0.1, 0.15) is 43.2 Å². The zero-order chi connectivity index (χ0) is 20.5. The number of nitrogens with two attached hydrogens (primary N) is 1. The maximum absolute atomic E-state index is 11.4. The molecule has 1 aliphatic rings. The first-order valence-corrected chi connectivity index (χ1v) is 10.6. The number of hydrogen-bond donors (Lipinski definition) is 2. The van der Waals surface area contributed by atoms with E-state index >= 15 is 0 Å². The lowest BCUT2D eigenvalue weighted by atomic mass is 9.91. The van der Waals surface area contributed by atoms with Gasteiger partial charge in [-0.05, 0) is 36.8 Å². The van der Waals surface area contributed by atoms with Gasteiger partial charge in [0.25, 0.3) is 0 Å². The van der Waals surface area contributed by atoms with Crippen LogP contribution in [0.25, 0.3) is 0 Å². The summed E-state index contributed by atoms with van der Waals surface area (Å²) in [5.41, 5.74) is 7.96. The van der Waals surface area contributed by atoms with Crippen LogP contribution in [0.3, 0.4) is 0 Å². The van der Waals surface area contributed by atoms with E-state index in [4.69, 9.17) is 10.7 Å². The molecule has 1 saturated heterocycles. The Morgan fingerprint density at radius 1 is 1.13 bits per heavy atom. The predicted octanol–water partition coefficient (Wildman–Crippen LogP) is 3.99. The van der Waals surface area contributed by atoms with Crippen molar-refractivity contribution in [3.8, 4) is 0 Å². The van der Waals surface area contributed by atoms with Crippen LogP contribution in [0.2, 0.25) is 0 Å². The molecular weight excluding hydrogens is 487 g/mol. The molecule has 6 heteroatoms. The van der Waals surface area contributed by atoms with E-state index in [0.717, 1.165) is 38.4 Å². The topological polar surface area (TPSA) is 70.7 Å². The van der Waals surface area contributed by atoms with Crippen molar-refractivity contribution in [2.75, 3.05) is 26.2 Å². The monoisotopic (exact) mass is 520 g/mol. The van der Waals surface area contributed by atoms with Gasteiger partial charge in [-0.1, -0.05) is 60.7 Å². The molecule has 0 bridgehead atoms. The molecule has 1 heterocycles. The minimum absolute atomic E-state index is 0. The predicted molar refractivity (Wildman–Crippen MR) is 134 cm³/mol. The van der Waals surface area contributed by atoms with Crippen molar-refractivity contribution >= 4 is 35.8 Å². The van der Waals surface area contributed by atoms with Crippen molar-refractivity contribution in [2.45, 2.75) is 32.1 Å². The molecule has 1 amide bonds. The number of nitrogens with zero attached hydrogens (tertiary/aromatic N) is 2. The molecule has 0 aliphatic carbocycles. The second-order valence-electron chi connectivity index (χ2n) is 7.69. The van der Waals surface area contributed by atoms with E-state index in [0.29, 0.717) is 18.9 Å². The summed E-state index contributed by atoms with van der Waals surface area (Å²) in [6.07, 6.45) is 2.56. The highest BCUT2D eigenvalue weighted by atomic mass is 127. The average molecular weight is 520 g/mol. The fourth-order valence-corrected chi connectivity index (χ4v) is 4.09. The number of primary amides is 1. The number of carbonyl (C=O) groups excluding carboxylic acids is 1. The van der Waals surface area contributed by atoms with E-state index in [1.807, 2.05) is 12.1 Å². The lowest BCUT2D eigenvalue weighted by Gasteiger charge is -2.35. The molecule has 3 rings (SSSR count). The number of carbonyl (C=O) groups is 1. The van der Waals surface area contributed by atoms with Crippen LogP contribution in [0.15, 0.2) is 65.7 Å². The van der Waals surface area contributed by atoms with Crippen molar-refractivity contribution in [1.29, 1.82) is 0 Å². The zero-order valence-corrected chi connectivity index (χ0v) is 20.0. The minimum atomic E-state index is -0.216. The summed E-state index contributed by atoms with van der Waals surface area (Å²) in [4.78, 5) is 18.7. The van der Waals surface area contributed by atoms with E-state index in [-0.39, 0.29) is 35.8 Å². The molecule has 30 heavy (non-hydrogen) atoms. The fourth-order valence-electron chi connectivity index (χ4n) is 4.09. The van der Waals surface area contributed by atoms with Gasteiger partial charge in [0.15, 0.2) is 5.96 Å². The van der Waals surface area contributed by atoms with E-state index in [1.54, 1.807) is 0 Å². The Morgan fingerprint density at radius 3 is 2.27 bits per heavy atom. The Balaban J connectivity index is 0.00000320. The second-order valence-corrected chi connectivity index (χ2v) is 7.69. The van der Waals surface area contributed by atoms with Gasteiger partial charge >= 0.3 is 0 Å². The molecule has 0 spiro atoms. The van der Waals surface area contributed by atoms with Gasteiger partial charge in [-0.3, -0.25) is 9.79 Å². The third kappa shape index (κ3) is 7.00. The fraction of sp³-hybridized carbons (Fsp3) is 0.417. The number of halogens is 1. The van der Waals surface area contributed by atoms with Gasteiger partial charge in [0.1, 0.15) is 0 Å². The number of aliphatic imine (C=N–C) groups is 1. The third-order valence-electron chi connectivity index (χ3n) is 5.47. The van der Waals surface area contributed by atoms with Gasteiger partial charge in [-0.25, -0.2) is 0 Å². The number of piperidine rings is 1. The van der Waals surface area contributed by atoms with Crippen molar-refractivity contribution in [3.63, 3.8) is 0 Å². The number of benzene rings is 2. The molecule has 2 aromatic carbocycles. The van der Waals surface area contributed by atoms with Crippen LogP contribution in [-0.4, -0.2) is 42.9 Å². The van der Waals surface area contributed by atoms with E-state index in [2.05, 4.69) is 65.7 Å². The summed E-state index contributed by atoms with van der Waals surface area (Å²) in [7, 11) is 0. The first kappa shape index (κ1) is 24.2. The highest BCUT2D eigenvalue weighted by Gasteiger charge is 2.24. The van der Waals surface area contributed by atoms with Crippen LogP contribution in [0.4, 0.5) is 0 Å². The molecule has 2 aromatic rings.